The van der Waals surface area contributed by atoms with Crippen LogP contribution < -0.4 is 0 Å². The van der Waals surface area contributed by atoms with Crippen LogP contribution in [0, 0.1) is 32.6 Å². The number of rotatable bonds is 0. The fraction of sp³-hybridized carbons (Fsp3) is 0.500. The van der Waals surface area contributed by atoms with Gasteiger partial charge in [0.2, 0.25) is 6.08 Å². The van der Waals surface area contributed by atoms with Crippen LogP contribution in [-0.4, -0.2) is 23.1 Å². The zero-order chi connectivity index (χ0) is 14.6. The molecule has 0 unspecified atom stereocenters. The van der Waals surface area contributed by atoms with E-state index in [1.54, 1.807) is 0 Å². The molecule has 0 saturated heterocycles. The Bertz CT molecular complexity index is 441. The van der Waals surface area contributed by atoms with Gasteiger partial charge in [0.05, 0.1) is 17.0 Å². The Morgan fingerprint density at radius 1 is 1.06 bits per heavy atom. The first-order chi connectivity index (χ1) is 8.56. The second kappa shape index (κ2) is 11.5. The number of nitrogens with zero attached hydrogens (tertiary/aromatic N) is 3. The van der Waals surface area contributed by atoms with Gasteiger partial charge in [-0.15, -0.1) is 5.92 Å². The average molecular weight is 247 g/mol. The molecule has 0 N–H and O–H groups in total. The molecule has 98 valence electrons. The molecule has 0 saturated carbocycles. The second-order valence-electron chi connectivity index (χ2n) is 3.01. The molecule has 4 nitrogen and oxygen atoms in total. The summed E-state index contributed by atoms with van der Waals surface area (Å²) in [7, 11) is 1.38. The number of aliphatic imine (C=N–C) groups is 1. The summed E-state index contributed by atoms with van der Waals surface area (Å²) in [4.78, 5) is 20.3. The van der Waals surface area contributed by atoms with E-state index in [2.05, 4.69) is 26.8 Å². The maximum Gasteiger partial charge on any atom is 0.234 e. The van der Waals surface area contributed by atoms with Gasteiger partial charge < -0.3 is 0 Å². The van der Waals surface area contributed by atoms with Crippen molar-refractivity contribution in [2.75, 3.05) is 7.05 Å². The summed E-state index contributed by atoms with van der Waals surface area (Å²) in [5.74, 6) is 6.66. The molecule has 1 rings (SSSR count). The first kappa shape index (κ1) is 18.4. The summed E-state index contributed by atoms with van der Waals surface area (Å²) in [6.45, 7) is 11.6. The Kier molecular flexibility index (Phi) is 11.8. The lowest BCUT2D eigenvalue weighted by Crippen LogP contribution is -1.99. The molecule has 0 aliphatic heterocycles. The molecule has 0 fully saturated rings. The topological polar surface area (TPSA) is 55.2 Å². The van der Waals surface area contributed by atoms with Gasteiger partial charge in [-0.05, 0) is 27.7 Å². The van der Waals surface area contributed by atoms with Gasteiger partial charge in [-0.25, -0.2) is 19.8 Å². The standard InChI is InChI=1S/C10H12N2.C2H3NO.C2H6/c1-5-6-10-7(2)11-9(4)12-8(10)3;1-3-2-4;1-2/h1-4H3;1H3;1-2H3. The molecular formula is C14H21N3O. The number of aryl methyl sites for hydroxylation is 3. The summed E-state index contributed by atoms with van der Waals surface area (Å²) in [5.41, 5.74) is 2.90. The summed E-state index contributed by atoms with van der Waals surface area (Å²) >= 11 is 0. The van der Waals surface area contributed by atoms with Crippen LogP contribution in [0.3, 0.4) is 0 Å². The van der Waals surface area contributed by atoms with Crippen LogP contribution in [0.25, 0.3) is 0 Å². The average Bonchev–Trinajstić information content (AvgIpc) is 2.36. The van der Waals surface area contributed by atoms with Crippen molar-refractivity contribution in [3.63, 3.8) is 0 Å². The van der Waals surface area contributed by atoms with Crippen LogP contribution in [0.1, 0.15) is 43.5 Å². The lowest BCUT2D eigenvalue weighted by atomic mass is 10.2. The van der Waals surface area contributed by atoms with Crippen molar-refractivity contribution in [2.24, 2.45) is 4.99 Å². The largest absolute Gasteiger partial charge is 0.237 e. The van der Waals surface area contributed by atoms with E-state index in [-0.39, 0.29) is 0 Å². The van der Waals surface area contributed by atoms with Crippen LogP contribution in [0.15, 0.2) is 4.99 Å². The van der Waals surface area contributed by atoms with Crippen LogP contribution in [0.2, 0.25) is 0 Å². The van der Waals surface area contributed by atoms with E-state index in [0.29, 0.717) is 0 Å². The Balaban J connectivity index is 0. The van der Waals surface area contributed by atoms with Crippen LogP contribution in [-0.2, 0) is 4.79 Å². The highest BCUT2D eigenvalue weighted by Gasteiger charge is 2.02. The van der Waals surface area contributed by atoms with E-state index < -0.39 is 0 Å². The number of carbonyl (C=O) groups excluding carboxylic acids is 1. The smallest absolute Gasteiger partial charge is 0.234 e. The first-order valence-electron chi connectivity index (χ1n) is 5.77. The van der Waals surface area contributed by atoms with Crippen LogP contribution in [0.5, 0.6) is 0 Å². The lowest BCUT2D eigenvalue weighted by molar-refractivity contribution is 0.564. The van der Waals surface area contributed by atoms with E-state index in [9.17, 15) is 0 Å². The molecule has 1 heterocycles. The predicted molar refractivity (Wildman–Crippen MR) is 74.2 cm³/mol. The summed E-state index contributed by atoms with van der Waals surface area (Å²) in [6.07, 6.45) is 1.31. The van der Waals surface area contributed by atoms with Crippen molar-refractivity contribution in [3.8, 4) is 11.8 Å². The van der Waals surface area contributed by atoms with Gasteiger partial charge in [0.25, 0.3) is 0 Å². The Labute approximate surface area is 110 Å². The summed E-state index contributed by atoms with van der Waals surface area (Å²) in [6, 6.07) is 0. The number of hydrogen-bond acceptors (Lipinski definition) is 4. The number of aromatic nitrogens is 2. The lowest BCUT2D eigenvalue weighted by Gasteiger charge is -2.02. The van der Waals surface area contributed by atoms with Crippen molar-refractivity contribution in [1.29, 1.82) is 0 Å². The van der Waals surface area contributed by atoms with Gasteiger partial charge in [-0.2, -0.15) is 0 Å². The molecule has 0 aliphatic carbocycles. The van der Waals surface area contributed by atoms with Crippen molar-refractivity contribution in [2.45, 2.75) is 41.5 Å². The van der Waals surface area contributed by atoms with E-state index in [4.69, 9.17) is 4.79 Å². The van der Waals surface area contributed by atoms with Gasteiger partial charge in [-0.3, -0.25) is 0 Å². The van der Waals surface area contributed by atoms with E-state index >= 15 is 0 Å². The van der Waals surface area contributed by atoms with E-state index in [0.717, 1.165) is 22.8 Å². The molecular weight excluding hydrogens is 226 g/mol. The highest BCUT2D eigenvalue weighted by Crippen LogP contribution is 2.07. The minimum atomic E-state index is 0.812. The van der Waals surface area contributed by atoms with Crippen molar-refractivity contribution in [1.82, 2.24) is 9.97 Å². The van der Waals surface area contributed by atoms with Gasteiger partial charge in [0, 0.05) is 7.05 Å². The van der Waals surface area contributed by atoms with Gasteiger partial charge in [0.15, 0.2) is 0 Å². The van der Waals surface area contributed by atoms with Crippen LogP contribution in [0.4, 0.5) is 0 Å². The van der Waals surface area contributed by atoms with Crippen molar-refractivity contribution in [3.05, 3.63) is 22.8 Å². The third kappa shape index (κ3) is 7.32. The monoisotopic (exact) mass is 247 g/mol. The molecule has 1 aromatic rings. The molecule has 0 atom stereocenters. The highest BCUT2D eigenvalue weighted by atomic mass is 16.1. The quantitative estimate of drug-likeness (QED) is 0.402. The predicted octanol–water partition coefficient (Wildman–Crippen LogP) is 2.75. The zero-order valence-corrected chi connectivity index (χ0v) is 12.2. The van der Waals surface area contributed by atoms with E-state index in [1.165, 1.54) is 13.1 Å². The molecule has 18 heavy (non-hydrogen) atoms. The normalized spacial score (nSPS) is 7.28. The molecule has 0 radical (unpaired) electrons. The van der Waals surface area contributed by atoms with Gasteiger partial charge in [0.1, 0.15) is 5.82 Å². The SMILES string of the molecule is CC.CC#Cc1c(C)nc(C)nc1C.CN=C=O. The molecule has 0 bridgehead atoms. The maximum absolute atomic E-state index is 8.88. The van der Waals surface area contributed by atoms with Crippen molar-refractivity contribution >= 4 is 6.08 Å². The minimum Gasteiger partial charge on any atom is -0.237 e. The Morgan fingerprint density at radius 3 is 1.72 bits per heavy atom. The summed E-state index contributed by atoms with van der Waals surface area (Å²) in [5, 5.41) is 0. The van der Waals surface area contributed by atoms with Crippen LogP contribution >= 0.6 is 0 Å². The maximum atomic E-state index is 8.88. The zero-order valence-electron chi connectivity index (χ0n) is 12.2. The first-order valence-corrected chi connectivity index (χ1v) is 5.77. The molecule has 0 spiro atoms. The fourth-order valence-corrected chi connectivity index (χ4v) is 1.19. The van der Waals surface area contributed by atoms with E-state index in [1.807, 2.05) is 41.5 Å². The third-order valence-corrected chi connectivity index (χ3v) is 1.72. The van der Waals surface area contributed by atoms with Gasteiger partial charge >= 0.3 is 0 Å². The highest BCUT2D eigenvalue weighted by molar-refractivity contribution is 5.40. The molecule has 0 aromatic carbocycles. The molecule has 0 aliphatic rings. The minimum absolute atomic E-state index is 0.812. The van der Waals surface area contributed by atoms with Gasteiger partial charge in [-0.1, -0.05) is 19.8 Å². The Hall–Kier alpha value is -1.98. The third-order valence-electron chi connectivity index (χ3n) is 1.72. The number of hydrogen-bond donors (Lipinski definition) is 0. The fourth-order valence-electron chi connectivity index (χ4n) is 1.19. The Morgan fingerprint density at radius 2 is 1.44 bits per heavy atom. The molecule has 1 aromatic heterocycles. The number of isocyanates is 1. The molecule has 0 amide bonds. The summed E-state index contributed by atoms with van der Waals surface area (Å²) < 4.78 is 0. The molecule has 4 heteroatoms. The van der Waals surface area contributed by atoms with Crippen molar-refractivity contribution < 1.29 is 4.79 Å². The second-order valence-corrected chi connectivity index (χ2v) is 3.01.